The lowest BCUT2D eigenvalue weighted by atomic mass is 10.1. The number of nitrogens with zero attached hydrogens (tertiary/aromatic N) is 2. The fourth-order valence-electron chi connectivity index (χ4n) is 5.06. The molecule has 0 aromatic heterocycles. The minimum Gasteiger partial charge on any atom is -0.478 e. The van der Waals surface area contributed by atoms with Crippen molar-refractivity contribution >= 4 is 40.7 Å². The summed E-state index contributed by atoms with van der Waals surface area (Å²) in [5.74, 6) is -1.03. The molecule has 40 heavy (non-hydrogen) atoms. The van der Waals surface area contributed by atoms with Crippen LogP contribution in [-0.4, -0.2) is 46.5 Å². The van der Waals surface area contributed by atoms with Gasteiger partial charge >= 0.3 is 5.97 Å². The molecule has 3 aromatic carbocycles. The number of anilines is 2. The van der Waals surface area contributed by atoms with Gasteiger partial charge in [-0.2, -0.15) is 0 Å². The lowest BCUT2D eigenvalue weighted by Gasteiger charge is -2.32. The first-order valence-electron chi connectivity index (χ1n) is 13.8. The van der Waals surface area contributed by atoms with Crippen molar-refractivity contribution in [1.82, 2.24) is 10.2 Å². The Morgan fingerprint density at radius 2 is 1.60 bits per heavy atom. The van der Waals surface area contributed by atoms with E-state index in [0.29, 0.717) is 17.7 Å². The predicted molar refractivity (Wildman–Crippen MR) is 163 cm³/mol. The first-order valence-corrected chi connectivity index (χ1v) is 14.8. The van der Waals surface area contributed by atoms with Crippen molar-refractivity contribution in [1.29, 1.82) is 0 Å². The normalized spacial score (nSPS) is 17.1. The van der Waals surface area contributed by atoms with Crippen LogP contribution in [0.5, 0.6) is 0 Å². The van der Waals surface area contributed by atoms with Gasteiger partial charge < -0.3 is 20.6 Å². The third kappa shape index (κ3) is 6.69. The average molecular weight is 557 g/mol. The van der Waals surface area contributed by atoms with E-state index in [2.05, 4.69) is 39.7 Å². The summed E-state index contributed by atoms with van der Waals surface area (Å²) in [5.41, 5.74) is 6.09. The van der Waals surface area contributed by atoms with Gasteiger partial charge in [0.15, 0.2) is 0 Å². The highest BCUT2D eigenvalue weighted by atomic mass is 32.2. The number of piperidine rings is 1. The summed E-state index contributed by atoms with van der Waals surface area (Å²) < 4.78 is 0. The number of aromatic carboxylic acids is 1. The molecule has 3 N–H and O–H groups in total. The Morgan fingerprint density at radius 1 is 0.950 bits per heavy atom. The van der Waals surface area contributed by atoms with E-state index in [-0.39, 0.29) is 17.4 Å². The van der Waals surface area contributed by atoms with Crippen LogP contribution < -0.4 is 15.5 Å². The van der Waals surface area contributed by atoms with Crippen molar-refractivity contribution in [3.8, 4) is 0 Å². The summed E-state index contributed by atoms with van der Waals surface area (Å²) >= 11 is 1.72. The number of carbonyl (C=O) groups excluding carboxylic acids is 1. The highest BCUT2D eigenvalue weighted by molar-refractivity contribution is 8.03. The Morgan fingerprint density at radius 3 is 2.23 bits per heavy atom. The maximum Gasteiger partial charge on any atom is 0.335 e. The van der Waals surface area contributed by atoms with Crippen molar-refractivity contribution < 1.29 is 14.7 Å². The summed E-state index contributed by atoms with van der Waals surface area (Å²) in [4.78, 5) is 28.7. The molecule has 1 fully saturated rings. The molecule has 2 aliphatic heterocycles. The zero-order valence-corrected chi connectivity index (χ0v) is 23.8. The number of amides is 1. The minimum atomic E-state index is -0.915. The smallest absolute Gasteiger partial charge is 0.335 e. The van der Waals surface area contributed by atoms with Gasteiger partial charge in [-0.05, 0) is 98.2 Å². The molecule has 8 heteroatoms. The molecule has 0 spiro atoms. The van der Waals surface area contributed by atoms with Gasteiger partial charge in [0.2, 0.25) is 0 Å². The van der Waals surface area contributed by atoms with Crippen molar-refractivity contribution in [2.75, 3.05) is 23.3 Å². The van der Waals surface area contributed by atoms with Crippen LogP contribution in [0.25, 0.3) is 5.70 Å². The van der Waals surface area contributed by atoms with Crippen LogP contribution >= 0.6 is 11.8 Å². The summed E-state index contributed by atoms with van der Waals surface area (Å²) in [7, 11) is 0. The van der Waals surface area contributed by atoms with E-state index < -0.39 is 5.97 Å². The van der Waals surface area contributed by atoms with E-state index in [1.54, 1.807) is 23.9 Å². The average Bonchev–Trinajstić information content (AvgIpc) is 3.47. The monoisotopic (exact) mass is 556 g/mol. The quantitative estimate of drug-likeness (QED) is 0.279. The maximum atomic E-state index is 12.8. The summed E-state index contributed by atoms with van der Waals surface area (Å²) in [5, 5.41) is 17.9. The third-order valence-corrected chi connectivity index (χ3v) is 8.45. The van der Waals surface area contributed by atoms with Gasteiger partial charge in [-0.25, -0.2) is 4.79 Å². The highest BCUT2D eigenvalue weighted by Crippen LogP contribution is 2.32. The second kappa shape index (κ2) is 12.6. The molecule has 1 amide bonds. The summed E-state index contributed by atoms with van der Waals surface area (Å²) in [6.45, 7) is 7.18. The largest absolute Gasteiger partial charge is 0.478 e. The van der Waals surface area contributed by atoms with Crippen molar-refractivity contribution in [2.45, 2.75) is 51.2 Å². The molecule has 1 unspecified atom stereocenters. The van der Waals surface area contributed by atoms with E-state index in [1.807, 2.05) is 60.7 Å². The molecule has 2 heterocycles. The van der Waals surface area contributed by atoms with E-state index >= 15 is 0 Å². The summed E-state index contributed by atoms with van der Waals surface area (Å²) in [6, 6.07) is 23.1. The van der Waals surface area contributed by atoms with Crippen LogP contribution in [-0.2, 0) is 6.54 Å². The minimum absolute atomic E-state index is 0.0569. The number of nitrogens with one attached hydrogen (secondary N) is 2. The van der Waals surface area contributed by atoms with Crippen LogP contribution in [0.4, 0.5) is 11.4 Å². The Labute approximate surface area is 240 Å². The lowest BCUT2D eigenvalue weighted by molar-refractivity contribution is 0.0696. The van der Waals surface area contributed by atoms with Crippen LogP contribution in [0, 0.1) is 0 Å². The number of benzene rings is 3. The molecular weight excluding hydrogens is 520 g/mol. The number of carbonyl (C=O) groups is 2. The molecule has 208 valence electrons. The van der Waals surface area contributed by atoms with Gasteiger partial charge in [0, 0.05) is 48.3 Å². The van der Waals surface area contributed by atoms with Crippen molar-refractivity contribution in [2.24, 2.45) is 0 Å². The van der Waals surface area contributed by atoms with E-state index in [4.69, 9.17) is 5.11 Å². The SMILES string of the molecule is CC(C)N(Cc1ccc(C(=O)O)cc1)C1NC(c2ccc(NC(=O)c3ccc(N4CCCCC4)cc3)cc2)=CS1. The maximum absolute atomic E-state index is 12.8. The Kier molecular flexibility index (Phi) is 8.77. The fraction of sp³-hybridized carbons (Fsp3) is 0.312. The van der Waals surface area contributed by atoms with Gasteiger partial charge in [0.1, 0.15) is 5.50 Å². The van der Waals surface area contributed by atoms with Gasteiger partial charge in [-0.1, -0.05) is 36.0 Å². The third-order valence-electron chi connectivity index (χ3n) is 7.43. The second-order valence-electron chi connectivity index (χ2n) is 10.6. The van der Waals surface area contributed by atoms with Crippen molar-refractivity contribution in [3.63, 3.8) is 0 Å². The molecule has 3 aromatic rings. The zero-order chi connectivity index (χ0) is 28.1. The molecule has 7 nitrogen and oxygen atoms in total. The van der Waals surface area contributed by atoms with Gasteiger partial charge in [-0.15, -0.1) is 0 Å². The molecule has 5 rings (SSSR count). The molecular formula is C32H36N4O3S. The molecule has 0 bridgehead atoms. The predicted octanol–water partition coefficient (Wildman–Crippen LogP) is 6.46. The number of thioether (sulfide) groups is 1. The van der Waals surface area contributed by atoms with E-state index in [9.17, 15) is 9.59 Å². The van der Waals surface area contributed by atoms with E-state index in [1.165, 1.54) is 24.9 Å². The zero-order valence-electron chi connectivity index (χ0n) is 23.0. The van der Waals surface area contributed by atoms with Gasteiger partial charge in [0.25, 0.3) is 5.91 Å². The first-order chi connectivity index (χ1) is 19.4. The standard InChI is InChI=1S/C32H36N4O3S/c1-22(2)36(20-23-6-8-26(9-7-23)31(38)39)32-34-29(21-40-32)24-10-14-27(15-11-24)33-30(37)25-12-16-28(17-13-25)35-18-4-3-5-19-35/h6-17,21-22,32,34H,3-5,18-20H2,1-2H3,(H,33,37)(H,38,39). The molecule has 1 saturated heterocycles. The van der Waals surface area contributed by atoms with Crippen LogP contribution in [0.15, 0.2) is 78.2 Å². The molecule has 0 aliphatic carbocycles. The van der Waals surface area contributed by atoms with Crippen molar-refractivity contribution in [3.05, 3.63) is 100 Å². The lowest BCUT2D eigenvalue weighted by Crippen LogP contribution is -2.43. The van der Waals surface area contributed by atoms with Crippen LogP contribution in [0.2, 0.25) is 0 Å². The number of carboxylic acids is 1. The summed E-state index contributed by atoms with van der Waals surface area (Å²) in [6.07, 6.45) is 3.75. The Balaban J connectivity index is 1.17. The molecule has 2 aliphatic rings. The number of hydrogen-bond donors (Lipinski definition) is 3. The molecule has 1 atom stereocenters. The van der Waals surface area contributed by atoms with Crippen LogP contribution in [0.3, 0.4) is 0 Å². The molecule has 0 saturated carbocycles. The number of rotatable bonds is 9. The number of hydrogen-bond acceptors (Lipinski definition) is 6. The molecule has 0 radical (unpaired) electrons. The fourth-order valence-corrected chi connectivity index (χ4v) is 6.20. The Bertz CT molecular complexity index is 1350. The highest BCUT2D eigenvalue weighted by Gasteiger charge is 2.26. The van der Waals surface area contributed by atoms with Gasteiger partial charge in [-0.3, -0.25) is 9.69 Å². The topological polar surface area (TPSA) is 84.9 Å². The first kappa shape index (κ1) is 27.8. The Hall–Kier alpha value is -3.75. The van der Waals surface area contributed by atoms with Gasteiger partial charge in [0.05, 0.1) is 5.56 Å². The second-order valence-corrected chi connectivity index (χ2v) is 11.5. The van der Waals surface area contributed by atoms with E-state index in [0.717, 1.165) is 35.6 Å². The number of carboxylic acid groups (broad SMARTS) is 1. The van der Waals surface area contributed by atoms with Crippen LogP contribution in [0.1, 0.15) is 65.0 Å².